The molecule has 1 amide bonds. The fourth-order valence-corrected chi connectivity index (χ4v) is 1.09. The highest BCUT2D eigenvalue weighted by atomic mass is 32.1. The van der Waals surface area contributed by atoms with Crippen LogP contribution in [0.15, 0.2) is 6.20 Å². The van der Waals surface area contributed by atoms with Gasteiger partial charge in [0.1, 0.15) is 4.88 Å². The van der Waals surface area contributed by atoms with Crippen molar-refractivity contribution >= 4 is 17.2 Å². The zero-order valence-corrected chi connectivity index (χ0v) is 6.60. The molecule has 1 radical (unpaired) electrons. The van der Waals surface area contributed by atoms with E-state index in [-0.39, 0.29) is 5.91 Å². The highest BCUT2D eigenvalue weighted by Crippen LogP contribution is 2.06. The number of nitrogens with zero attached hydrogens (tertiary/aromatic N) is 2. The SMILES string of the molecule is CN(C)C(=O)c1cn[c]s1. The predicted molar refractivity (Wildman–Crippen MR) is 39.0 cm³/mol. The van der Waals surface area contributed by atoms with Gasteiger partial charge < -0.3 is 4.90 Å². The van der Waals surface area contributed by atoms with Gasteiger partial charge in [-0.3, -0.25) is 4.79 Å². The number of carbonyl (C=O) groups is 1. The van der Waals surface area contributed by atoms with Crippen LogP contribution in [0, 0.1) is 5.51 Å². The van der Waals surface area contributed by atoms with Crippen LogP contribution < -0.4 is 0 Å². The zero-order valence-electron chi connectivity index (χ0n) is 5.79. The van der Waals surface area contributed by atoms with E-state index in [0.717, 1.165) is 0 Å². The average Bonchev–Trinajstić information content (AvgIpc) is 2.36. The molecule has 53 valence electrons. The fraction of sp³-hybridized carbons (Fsp3) is 0.333. The third kappa shape index (κ3) is 1.33. The molecule has 0 N–H and O–H groups in total. The molecule has 0 aliphatic carbocycles. The van der Waals surface area contributed by atoms with E-state index in [2.05, 4.69) is 10.5 Å². The van der Waals surface area contributed by atoms with Crippen molar-refractivity contribution in [3.05, 3.63) is 16.6 Å². The van der Waals surface area contributed by atoms with Gasteiger partial charge in [-0.25, -0.2) is 4.98 Å². The molecule has 0 aliphatic heterocycles. The summed E-state index contributed by atoms with van der Waals surface area (Å²) in [6.45, 7) is 0. The standard InChI is InChI=1S/C6H7N2OS/c1-8(2)6(9)5-3-7-4-10-5/h3H,1-2H3. The Bertz CT molecular complexity index is 218. The van der Waals surface area contributed by atoms with Crippen LogP contribution in [-0.4, -0.2) is 29.9 Å². The quantitative estimate of drug-likeness (QED) is 0.596. The molecule has 0 saturated heterocycles. The molecule has 1 aromatic rings. The smallest absolute Gasteiger partial charge is 0.265 e. The molecule has 4 heteroatoms. The van der Waals surface area contributed by atoms with Crippen LogP contribution in [-0.2, 0) is 0 Å². The van der Waals surface area contributed by atoms with Crippen molar-refractivity contribution in [3.8, 4) is 0 Å². The molecule has 0 fully saturated rings. The topological polar surface area (TPSA) is 33.2 Å². The van der Waals surface area contributed by atoms with Crippen LogP contribution >= 0.6 is 11.3 Å². The second-order valence-electron chi connectivity index (χ2n) is 2.02. The summed E-state index contributed by atoms with van der Waals surface area (Å²) in [5.74, 6) is -0.0150. The van der Waals surface area contributed by atoms with Gasteiger partial charge in [-0.05, 0) is 0 Å². The van der Waals surface area contributed by atoms with Gasteiger partial charge in [-0.15, -0.1) is 11.3 Å². The van der Waals surface area contributed by atoms with E-state index in [1.165, 1.54) is 22.4 Å². The minimum absolute atomic E-state index is 0.0150. The molecule has 0 saturated carbocycles. The van der Waals surface area contributed by atoms with Crippen molar-refractivity contribution in [2.75, 3.05) is 14.1 Å². The lowest BCUT2D eigenvalue weighted by atomic mass is 10.5. The van der Waals surface area contributed by atoms with Crippen molar-refractivity contribution < 1.29 is 4.79 Å². The van der Waals surface area contributed by atoms with Crippen molar-refractivity contribution in [2.45, 2.75) is 0 Å². The number of hydrogen-bond donors (Lipinski definition) is 0. The first-order chi connectivity index (χ1) is 4.72. The summed E-state index contributed by atoms with van der Waals surface area (Å²) in [7, 11) is 3.42. The molecular weight excluding hydrogens is 148 g/mol. The summed E-state index contributed by atoms with van der Waals surface area (Å²) in [5.41, 5.74) is 2.61. The van der Waals surface area contributed by atoms with E-state index >= 15 is 0 Å². The lowest BCUT2D eigenvalue weighted by Gasteiger charge is -2.06. The molecule has 0 aromatic carbocycles. The van der Waals surface area contributed by atoms with E-state index in [4.69, 9.17) is 0 Å². The molecule has 3 nitrogen and oxygen atoms in total. The predicted octanol–water partition coefficient (Wildman–Crippen LogP) is 0.645. The average molecular weight is 155 g/mol. The molecule has 10 heavy (non-hydrogen) atoms. The lowest BCUT2D eigenvalue weighted by Crippen LogP contribution is -2.20. The van der Waals surface area contributed by atoms with Gasteiger partial charge >= 0.3 is 0 Å². The third-order valence-corrected chi connectivity index (χ3v) is 1.70. The molecule has 1 heterocycles. The van der Waals surface area contributed by atoms with Gasteiger partial charge in [-0.2, -0.15) is 0 Å². The van der Waals surface area contributed by atoms with Crippen molar-refractivity contribution in [1.29, 1.82) is 0 Å². The van der Waals surface area contributed by atoms with Gasteiger partial charge in [0.2, 0.25) is 0 Å². The van der Waals surface area contributed by atoms with Gasteiger partial charge in [0.15, 0.2) is 5.51 Å². The van der Waals surface area contributed by atoms with E-state index in [0.29, 0.717) is 4.88 Å². The summed E-state index contributed by atoms with van der Waals surface area (Å²) in [6.07, 6.45) is 1.52. The maximum Gasteiger partial charge on any atom is 0.265 e. The van der Waals surface area contributed by atoms with E-state index < -0.39 is 0 Å². The Kier molecular flexibility index (Phi) is 2.01. The van der Waals surface area contributed by atoms with E-state index in [9.17, 15) is 4.79 Å². The number of hydrogen-bond acceptors (Lipinski definition) is 3. The van der Waals surface area contributed by atoms with E-state index in [1.54, 1.807) is 14.1 Å². The Morgan fingerprint density at radius 1 is 1.80 bits per heavy atom. The minimum atomic E-state index is -0.0150. The normalized spacial score (nSPS) is 9.40. The zero-order chi connectivity index (χ0) is 7.56. The molecule has 1 rings (SSSR count). The molecule has 0 aliphatic rings. The Hall–Kier alpha value is -0.900. The van der Waals surface area contributed by atoms with Crippen molar-refractivity contribution in [1.82, 2.24) is 9.88 Å². The highest BCUT2D eigenvalue weighted by Gasteiger charge is 2.07. The first-order valence-corrected chi connectivity index (χ1v) is 3.57. The highest BCUT2D eigenvalue weighted by molar-refractivity contribution is 7.11. The van der Waals surface area contributed by atoms with Crippen LogP contribution in [0.4, 0.5) is 0 Å². The van der Waals surface area contributed by atoms with Crippen molar-refractivity contribution in [2.24, 2.45) is 0 Å². The largest absolute Gasteiger partial charge is 0.344 e. The number of carbonyl (C=O) groups excluding carboxylic acids is 1. The Balaban J connectivity index is 2.78. The molecule has 0 bridgehead atoms. The monoisotopic (exact) mass is 155 g/mol. The Morgan fingerprint density at radius 2 is 2.50 bits per heavy atom. The fourth-order valence-electron chi connectivity index (χ4n) is 0.506. The van der Waals surface area contributed by atoms with Crippen LogP contribution in [0.3, 0.4) is 0 Å². The summed E-state index contributed by atoms with van der Waals surface area (Å²) < 4.78 is 0. The molecule has 1 aromatic heterocycles. The second kappa shape index (κ2) is 2.79. The van der Waals surface area contributed by atoms with Crippen LogP contribution in [0.1, 0.15) is 9.67 Å². The summed E-state index contributed by atoms with van der Waals surface area (Å²) in [5, 5.41) is 0. The number of thiazole rings is 1. The van der Waals surface area contributed by atoms with Gasteiger partial charge in [0.25, 0.3) is 5.91 Å². The third-order valence-electron chi connectivity index (χ3n) is 1.01. The Morgan fingerprint density at radius 3 is 2.90 bits per heavy atom. The van der Waals surface area contributed by atoms with Gasteiger partial charge in [0.05, 0.1) is 6.20 Å². The first-order valence-electron chi connectivity index (χ1n) is 2.75. The van der Waals surface area contributed by atoms with Crippen molar-refractivity contribution in [3.63, 3.8) is 0 Å². The van der Waals surface area contributed by atoms with Crippen LogP contribution in [0.25, 0.3) is 0 Å². The minimum Gasteiger partial charge on any atom is -0.344 e. The molecule has 0 unspecified atom stereocenters. The first kappa shape index (κ1) is 7.21. The molecular formula is C6H7N2OS. The van der Waals surface area contributed by atoms with Crippen LogP contribution in [0.2, 0.25) is 0 Å². The maximum absolute atomic E-state index is 11.1. The van der Waals surface area contributed by atoms with Crippen LogP contribution in [0.5, 0.6) is 0 Å². The summed E-state index contributed by atoms with van der Waals surface area (Å²) >= 11 is 1.23. The van der Waals surface area contributed by atoms with Gasteiger partial charge in [0, 0.05) is 14.1 Å². The Labute approximate surface area is 63.3 Å². The number of rotatable bonds is 1. The van der Waals surface area contributed by atoms with E-state index in [1.807, 2.05) is 0 Å². The maximum atomic E-state index is 11.1. The molecule has 0 spiro atoms. The number of aromatic nitrogens is 1. The summed E-state index contributed by atoms with van der Waals surface area (Å²) in [6, 6.07) is 0. The number of amides is 1. The summed E-state index contributed by atoms with van der Waals surface area (Å²) in [4.78, 5) is 16.9. The molecule has 0 atom stereocenters. The second-order valence-corrected chi connectivity index (χ2v) is 2.84. The van der Waals surface area contributed by atoms with Gasteiger partial charge in [-0.1, -0.05) is 0 Å². The lowest BCUT2D eigenvalue weighted by molar-refractivity contribution is 0.0832.